The number of halogens is 1. The molecule has 1 aromatic rings. The van der Waals surface area contributed by atoms with Crippen LogP contribution in [0, 0.1) is 5.92 Å². The molecule has 86 valence electrons. The molecule has 0 saturated heterocycles. The van der Waals surface area contributed by atoms with Crippen molar-refractivity contribution in [2.75, 3.05) is 13.0 Å². The molecule has 0 amide bonds. The third kappa shape index (κ3) is 3.13. The summed E-state index contributed by atoms with van der Waals surface area (Å²) in [7, 11) is 1.68. The Balaban J connectivity index is 2.84. The number of aryl methyl sites for hydroxylation is 1. The quantitative estimate of drug-likeness (QED) is 0.703. The summed E-state index contributed by atoms with van der Waals surface area (Å²) in [5.74, 6) is 1.99. The minimum Gasteiger partial charge on any atom is -0.493 e. The van der Waals surface area contributed by atoms with Crippen LogP contribution in [-0.2, 0) is 13.0 Å². The van der Waals surface area contributed by atoms with Crippen molar-refractivity contribution in [1.82, 2.24) is 9.78 Å². The van der Waals surface area contributed by atoms with Crippen molar-refractivity contribution >= 4 is 11.6 Å². The molecular weight excluding hydrogens is 212 g/mol. The van der Waals surface area contributed by atoms with Gasteiger partial charge in [-0.25, -0.2) is 0 Å². The maximum absolute atomic E-state index is 5.82. The normalized spacial score (nSPS) is 12.8. The predicted molar refractivity (Wildman–Crippen MR) is 62.7 cm³/mol. The molecule has 0 N–H and O–H groups in total. The molecule has 0 radical (unpaired) electrons. The van der Waals surface area contributed by atoms with Crippen LogP contribution in [0.1, 0.15) is 26.0 Å². The Bertz CT molecular complexity index is 299. The minimum atomic E-state index is 0.452. The highest BCUT2D eigenvalue weighted by Crippen LogP contribution is 2.21. The third-order valence-electron chi connectivity index (χ3n) is 2.37. The largest absolute Gasteiger partial charge is 0.493 e. The lowest BCUT2D eigenvalue weighted by molar-refractivity contribution is 0.402. The first-order chi connectivity index (χ1) is 7.22. The van der Waals surface area contributed by atoms with Gasteiger partial charge in [-0.1, -0.05) is 13.8 Å². The van der Waals surface area contributed by atoms with E-state index in [0.29, 0.717) is 11.8 Å². The lowest BCUT2D eigenvalue weighted by Gasteiger charge is -2.11. The molecule has 1 rings (SSSR count). The summed E-state index contributed by atoms with van der Waals surface area (Å²) in [6.07, 6.45) is 3.78. The van der Waals surface area contributed by atoms with Gasteiger partial charge in [0.1, 0.15) is 0 Å². The summed E-state index contributed by atoms with van der Waals surface area (Å²) in [4.78, 5) is 0. The molecule has 0 bridgehead atoms. The number of methoxy groups -OCH3 is 1. The van der Waals surface area contributed by atoms with Gasteiger partial charge >= 0.3 is 0 Å². The van der Waals surface area contributed by atoms with Crippen molar-refractivity contribution in [3.8, 4) is 5.75 Å². The number of alkyl halides is 1. The van der Waals surface area contributed by atoms with Crippen molar-refractivity contribution < 1.29 is 4.74 Å². The van der Waals surface area contributed by atoms with Crippen LogP contribution in [-0.4, -0.2) is 22.8 Å². The first kappa shape index (κ1) is 12.4. The smallest absolute Gasteiger partial charge is 0.159 e. The first-order valence-electron chi connectivity index (χ1n) is 5.37. The van der Waals surface area contributed by atoms with Crippen LogP contribution in [0.3, 0.4) is 0 Å². The van der Waals surface area contributed by atoms with E-state index in [2.05, 4.69) is 18.9 Å². The second-order valence-corrected chi connectivity index (χ2v) is 4.15. The Morgan fingerprint density at radius 1 is 1.60 bits per heavy atom. The Kier molecular flexibility index (Phi) is 4.95. The van der Waals surface area contributed by atoms with Gasteiger partial charge in [-0.3, -0.25) is 4.68 Å². The van der Waals surface area contributed by atoms with Crippen LogP contribution in [0.2, 0.25) is 0 Å². The highest BCUT2D eigenvalue weighted by atomic mass is 35.5. The Morgan fingerprint density at radius 2 is 2.33 bits per heavy atom. The van der Waals surface area contributed by atoms with Gasteiger partial charge in [0.2, 0.25) is 0 Å². The molecule has 0 aliphatic heterocycles. The SMILES string of the molecule is CCCn1ncc(OC)c1CC(C)CCl. The van der Waals surface area contributed by atoms with Crippen LogP contribution in [0.25, 0.3) is 0 Å². The molecule has 0 aliphatic carbocycles. The molecule has 1 unspecified atom stereocenters. The van der Waals surface area contributed by atoms with Gasteiger partial charge in [0.05, 0.1) is 19.0 Å². The minimum absolute atomic E-state index is 0.452. The number of aromatic nitrogens is 2. The van der Waals surface area contributed by atoms with Crippen molar-refractivity contribution in [2.24, 2.45) is 5.92 Å². The van der Waals surface area contributed by atoms with Gasteiger partial charge in [0, 0.05) is 12.4 Å². The fourth-order valence-electron chi connectivity index (χ4n) is 1.56. The topological polar surface area (TPSA) is 27.1 Å². The second-order valence-electron chi connectivity index (χ2n) is 3.85. The van der Waals surface area contributed by atoms with E-state index in [4.69, 9.17) is 16.3 Å². The lowest BCUT2D eigenvalue weighted by Crippen LogP contribution is -2.10. The second kappa shape index (κ2) is 6.01. The molecule has 0 spiro atoms. The zero-order chi connectivity index (χ0) is 11.3. The Morgan fingerprint density at radius 3 is 2.87 bits per heavy atom. The highest BCUT2D eigenvalue weighted by molar-refractivity contribution is 6.18. The van der Waals surface area contributed by atoms with Crippen LogP contribution >= 0.6 is 11.6 Å². The summed E-state index contributed by atoms with van der Waals surface area (Å²) in [6, 6.07) is 0. The molecule has 15 heavy (non-hydrogen) atoms. The van der Waals surface area contributed by atoms with Crippen LogP contribution < -0.4 is 4.74 Å². The van der Waals surface area contributed by atoms with E-state index in [0.717, 1.165) is 30.8 Å². The molecule has 1 atom stereocenters. The number of rotatable bonds is 6. The van der Waals surface area contributed by atoms with E-state index in [1.165, 1.54) is 0 Å². The molecule has 4 heteroatoms. The van der Waals surface area contributed by atoms with Gasteiger partial charge in [0.25, 0.3) is 0 Å². The average Bonchev–Trinajstić information content (AvgIpc) is 2.61. The lowest BCUT2D eigenvalue weighted by atomic mass is 10.1. The molecule has 0 aliphatic rings. The maximum Gasteiger partial charge on any atom is 0.159 e. The van der Waals surface area contributed by atoms with E-state index >= 15 is 0 Å². The molecule has 1 aromatic heterocycles. The van der Waals surface area contributed by atoms with E-state index in [1.807, 2.05) is 4.68 Å². The Hall–Kier alpha value is -0.700. The summed E-state index contributed by atoms with van der Waals surface area (Å²) in [5.41, 5.74) is 1.16. The fourth-order valence-corrected chi connectivity index (χ4v) is 1.67. The number of hydrogen-bond donors (Lipinski definition) is 0. The summed E-state index contributed by atoms with van der Waals surface area (Å²) >= 11 is 5.82. The van der Waals surface area contributed by atoms with Crippen molar-refractivity contribution in [2.45, 2.75) is 33.2 Å². The number of hydrogen-bond acceptors (Lipinski definition) is 2. The van der Waals surface area contributed by atoms with Gasteiger partial charge in [-0.2, -0.15) is 5.10 Å². The molecule has 0 fully saturated rings. The zero-order valence-electron chi connectivity index (χ0n) is 9.66. The van der Waals surface area contributed by atoms with E-state index in [-0.39, 0.29) is 0 Å². The molecule has 0 aromatic carbocycles. The monoisotopic (exact) mass is 230 g/mol. The van der Waals surface area contributed by atoms with Crippen LogP contribution in [0.15, 0.2) is 6.20 Å². The van der Waals surface area contributed by atoms with E-state index < -0.39 is 0 Å². The zero-order valence-corrected chi connectivity index (χ0v) is 10.4. The highest BCUT2D eigenvalue weighted by Gasteiger charge is 2.13. The number of nitrogens with zero attached hydrogens (tertiary/aromatic N) is 2. The maximum atomic E-state index is 5.82. The van der Waals surface area contributed by atoms with Gasteiger partial charge in [-0.15, -0.1) is 11.6 Å². The molecule has 0 saturated carbocycles. The fraction of sp³-hybridized carbons (Fsp3) is 0.727. The van der Waals surface area contributed by atoms with Crippen LogP contribution in [0.4, 0.5) is 0 Å². The summed E-state index contributed by atoms with van der Waals surface area (Å²) in [6.45, 7) is 5.21. The molecule has 1 heterocycles. The average molecular weight is 231 g/mol. The summed E-state index contributed by atoms with van der Waals surface area (Å²) in [5, 5.41) is 4.31. The van der Waals surface area contributed by atoms with Crippen molar-refractivity contribution in [1.29, 1.82) is 0 Å². The van der Waals surface area contributed by atoms with E-state index in [1.54, 1.807) is 13.3 Å². The van der Waals surface area contributed by atoms with Crippen molar-refractivity contribution in [3.05, 3.63) is 11.9 Å². The van der Waals surface area contributed by atoms with Crippen molar-refractivity contribution in [3.63, 3.8) is 0 Å². The third-order valence-corrected chi connectivity index (χ3v) is 2.90. The van der Waals surface area contributed by atoms with Gasteiger partial charge in [0.15, 0.2) is 5.75 Å². The predicted octanol–water partition coefficient (Wildman–Crippen LogP) is 2.72. The van der Waals surface area contributed by atoms with Gasteiger partial charge in [-0.05, 0) is 18.8 Å². The van der Waals surface area contributed by atoms with Crippen LogP contribution in [0.5, 0.6) is 5.75 Å². The van der Waals surface area contributed by atoms with Gasteiger partial charge < -0.3 is 4.74 Å². The standard InChI is InChI=1S/C11H19ClN2O/c1-4-5-14-10(6-9(2)7-12)11(15-3)8-13-14/h8-9H,4-7H2,1-3H3. The van der Waals surface area contributed by atoms with E-state index in [9.17, 15) is 0 Å². The molecular formula is C11H19ClN2O. The number of ether oxygens (including phenoxy) is 1. The first-order valence-corrected chi connectivity index (χ1v) is 5.91. The summed E-state index contributed by atoms with van der Waals surface area (Å²) < 4.78 is 7.31. The molecule has 3 nitrogen and oxygen atoms in total. The Labute approximate surface area is 96.4 Å².